The number of pyridine rings is 1. The Bertz CT molecular complexity index is 718. The van der Waals surface area contributed by atoms with Crippen LogP contribution in [0.4, 0.5) is 0 Å². The molecular formula is C18H23N3O2S. The molecule has 0 amide bonds. The Balaban J connectivity index is 2.02. The minimum Gasteiger partial charge on any atom is -0.380 e. The van der Waals surface area contributed by atoms with Gasteiger partial charge in [0, 0.05) is 39.2 Å². The zero-order valence-electron chi connectivity index (χ0n) is 14.1. The third-order valence-electron chi connectivity index (χ3n) is 4.50. The van der Waals surface area contributed by atoms with Crippen LogP contribution in [0.2, 0.25) is 0 Å². The van der Waals surface area contributed by atoms with E-state index >= 15 is 0 Å². The number of fused-ring (bicyclic) bond motifs is 1. The predicted molar refractivity (Wildman–Crippen MR) is 99.3 cm³/mol. The van der Waals surface area contributed by atoms with Crippen molar-refractivity contribution in [3.63, 3.8) is 0 Å². The molecule has 1 unspecified atom stereocenters. The lowest BCUT2D eigenvalue weighted by Gasteiger charge is -2.38. The van der Waals surface area contributed by atoms with Crippen molar-refractivity contribution >= 4 is 28.1 Å². The minimum atomic E-state index is -0.772. The number of thiocarbonyl (C=S) groups is 1. The van der Waals surface area contributed by atoms with Crippen molar-refractivity contribution in [2.24, 2.45) is 0 Å². The highest BCUT2D eigenvalue weighted by molar-refractivity contribution is 7.80. The number of benzene rings is 1. The summed E-state index contributed by atoms with van der Waals surface area (Å²) in [7, 11) is 3.53. The number of hydrogen-bond donors (Lipinski definition) is 1. The van der Waals surface area contributed by atoms with Gasteiger partial charge in [0.15, 0.2) is 5.60 Å². The first kappa shape index (κ1) is 17.2. The van der Waals surface area contributed by atoms with Gasteiger partial charge in [-0.25, -0.2) is 4.98 Å². The average Bonchev–Trinajstić information content (AvgIpc) is 2.66. The number of nitrogens with one attached hydrogen (secondary N) is 1. The van der Waals surface area contributed by atoms with Crippen LogP contribution in [0, 0.1) is 0 Å². The Morgan fingerprint density at radius 3 is 2.75 bits per heavy atom. The van der Waals surface area contributed by atoms with Gasteiger partial charge in [-0.05, 0) is 12.1 Å². The maximum atomic E-state index is 5.98. The summed E-state index contributed by atoms with van der Waals surface area (Å²) in [4.78, 5) is 7.79. The highest BCUT2D eigenvalue weighted by Gasteiger charge is 2.40. The van der Waals surface area contributed by atoms with Gasteiger partial charge in [-0.2, -0.15) is 0 Å². The van der Waals surface area contributed by atoms with E-state index < -0.39 is 5.60 Å². The highest BCUT2D eigenvalue weighted by Crippen LogP contribution is 2.28. The molecule has 1 atom stereocenters. The van der Waals surface area contributed by atoms with Gasteiger partial charge in [-0.3, -0.25) is 4.90 Å². The van der Waals surface area contributed by atoms with Crippen LogP contribution < -0.4 is 5.32 Å². The second-order valence-corrected chi connectivity index (χ2v) is 6.30. The molecule has 1 N–H and O–H groups in total. The van der Waals surface area contributed by atoms with Crippen molar-refractivity contribution in [2.45, 2.75) is 5.60 Å². The lowest BCUT2D eigenvalue weighted by Crippen LogP contribution is -2.53. The third-order valence-corrected chi connectivity index (χ3v) is 5.04. The molecule has 6 heteroatoms. The van der Waals surface area contributed by atoms with Crippen LogP contribution >= 0.6 is 12.2 Å². The largest absolute Gasteiger partial charge is 0.380 e. The maximum absolute atomic E-state index is 5.98. The number of hydrogen-bond acceptors (Lipinski definition) is 5. The number of ether oxygens (including phenoxy) is 2. The van der Waals surface area contributed by atoms with Crippen LogP contribution in [0.5, 0.6) is 0 Å². The maximum Gasteiger partial charge on any atom is 0.172 e. The molecule has 0 bridgehead atoms. The van der Waals surface area contributed by atoms with E-state index in [-0.39, 0.29) is 0 Å². The number of para-hydroxylation sites is 1. The Kier molecular flexibility index (Phi) is 5.40. The molecule has 0 radical (unpaired) electrons. The first-order valence-electron chi connectivity index (χ1n) is 8.13. The van der Waals surface area contributed by atoms with Gasteiger partial charge >= 0.3 is 0 Å². The van der Waals surface area contributed by atoms with Crippen molar-refractivity contribution in [1.29, 1.82) is 0 Å². The number of rotatable bonds is 5. The van der Waals surface area contributed by atoms with E-state index in [0.29, 0.717) is 11.5 Å². The molecule has 128 valence electrons. The topological polar surface area (TPSA) is 46.6 Å². The van der Waals surface area contributed by atoms with Gasteiger partial charge in [0.05, 0.1) is 24.4 Å². The number of nitrogens with zero attached hydrogens (tertiary/aromatic N) is 2. The van der Waals surface area contributed by atoms with E-state index in [1.165, 1.54) is 0 Å². The first-order valence-corrected chi connectivity index (χ1v) is 8.54. The van der Waals surface area contributed by atoms with Crippen LogP contribution in [-0.4, -0.2) is 61.9 Å². The molecule has 1 aliphatic heterocycles. The molecule has 24 heavy (non-hydrogen) atoms. The van der Waals surface area contributed by atoms with E-state index in [1.807, 2.05) is 31.3 Å². The molecule has 1 aliphatic rings. The Labute approximate surface area is 148 Å². The fourth-order valence-corrected chi connectivity index (χ4v) is 3.35. The van der Waals surface area contributed by atoms with Gasteiger partial charge in [-0.15, -0.1) is 0 Å². The monoisotopic (exact) mass is 345 g/mol. The van der Waals surface area contributed by atoms with E-state index in [4.69, 9.17) is 26.7 Å². The zero-order valence-corrected chi connectivity index (χ0v) is 14.9. The van der Waals surface area contributed by atoms with Crippen molar-refractivity contribution in [2.75, 3.05) is 47.0 Å². The molecule has 1 aromatic carbocycles. The van der Waals surface area contributed by atoms with E-state index in [2.05, 4.69) is 22.3 Å². The third kappa shape index (κ3) is 3.28. The number of aromatic nitrogens is 1. The van der Waals surface area contributed by atoms with E-state index in [9.17, 15) is 0 Å². The SMILES string of the molecule is CNC(=S)C(CN1CCOCC1)(OC)c1ccc2ccccc2n1. The summed E-state index contributed by atoms with van der Waals surface area (Å²) in [5.74, 6) is 0. The fourth-order valence-electron chi connectivity index (χ4n) is 3.10. The Hall–Kier alpha value is -1.60. The van der Waals surface area contributed by atoms with Crippen molar-refractivity contribution in [3.8, 4) is 0 Å². The predicted octanol–water partition coefficient (Wildman–Crippen LogP) is 1.96. The molecule has 2 aromatic rings. The van der Waals surface area contributed by atoms with Gasteiger partial charge in [0.25, 0.3) is 0 Å². The molecule has 2 heterocycles. The van der Waals surface area contributed by atoms with Gasteiger partial charge in [-0.1, -0.05) is 36.5 Å². The first-order chi connectivity index (χ1) is 11.7. The van der Waals surface area contributed by atoms with Gasteiger partial charge in [0.1, 0.15) is 4.99 Å². The summed E-state index contributed by atoms with van der Waals surface area (Å²) in [5.41, 5.74) is 0.998. The second kappa shape index (κ2) is 7.53. The lowest BCUT2D eigenvalue weighted by molar-refractivity contribution is -0.0251. The van der Waals surface area contributed by atoms with Gasteiger partial charge < -0.3 is 14.8 Å². The molecule has 1 saturated heterocycles. The average molecular weight is 345 g/mol. The number of morpholine rings is 1. The van der Waals surface area contributed by atoms with Crippen LogP contribution in [0.1, 0.15) is 5.69 Å². The molecule has 3 rings (SSSR count). The molecule has 0 saturated carbocycles. The molecule has 0 spiro atoms. The summed E-state index contributed by atoms with van der Waals surface area (Å²) in [6, 6.07) is 12.2. The summed E-state index contributed by atoms with van der Waals surface area (Å²) in [6.45, 7) is 3.85. The number of methoxy groups -OCH3 is 1. The standard InChI is InChI=1S/C18H23N3O2S/c1-19-17(24)18(22-2,13-21-9-11-23-12-10-21)16-8-7-14-5-3-4-6-15(14)20-16/h3-8H,9-13H2,1-2H3,(H,19,24). The van der Waals surface area contributed by atoms with Crippen molar-refractivity contribution in [3.05, 3.63) is 42.1 Å². The van der Waals surface area contributed by atoms with Crippen LogP contribution in [0.15, 0.2) is 36.4 Å². The Morgan fingerprint density at radius 2 is 2.04 bits per heavy atom. The van der Waals surface area contributed by atoms with Crippen LogP contribution in [0.3, 0.4) is 0 Å². The normalized spacial score (nSPS) is 18.2. The number of likely N-dealkylation sites (N-methyl/N-ethyl adjacent to an activating group) is 1. The molecule has 1 fully saturated rings. The fraction of sp³-hybridized carbons (Fsp3) is 0.444. The molecular weight excluding hydrogens is 322 g/mol. The second-order valence-electron chi connectivity index (χ2n) is 5.89. The van der Waals surface area contributed by atoms with E-state index in [0.717, 1.165) is 42.9 Å². The van der Waals surface area contributed by atoms with Crippen LogP contribution in [0.25, 0.3) is 10.9 Å². The summed E-state index contributed by atoms with van der Waals surface area (Å²) in [5, 5.41) is 4.21. The smallest absolute Gasteiger partial charge is 0.172 e. The quantitative estimate of drug-likeness (QED) is 0.836. The van der Waals surface area contributed by atoms with E-state index in [1.54, 1.807) is 7.11 Å². The lowest BCUT2D eigenvalue weighted by atomic mass is 9.96. The summed E-state index contributed by atoms with van der Waals surface area (Å²) >= 11 is 5.63. The molecule has 5 nitrogen and oxygen atoms in total. The summed E-state index contributed by atoms with van der Waals surface area (Å²) < 4.78 is 11.4. The van der Waals surface area contributed by atoms with Gasteiger partial charge in [0.2, 0.25) is 0 Å². The zero-order chi connectivity index (χ0) is 17.0. The minimum absolute atomic E-state index is 0.638. The molecule has 0 aliphatic carbocycles. The van der Waals surface area contributed by atoms with Crippen molar-refractivity contribution < 1.29 is 9.47 Å². The molecule has 1 aromatic heterocycles. The highest BCUT2D eigenvalue weighted by atomic mass is 32.1. The van der Waals surface area contributed by atoms with Crippen LogP contribution in [-0.2, 0) is 15.1 Å². The van der Waals surface area contributed by atoms with Crippen molar-refractivity contribution in [1.82, 2.24) is 15.2 Å². The summed E-state index contributed by atoms with van der Waals surface area (Å²) in [6.07, 6.45) is 0. The Morgan fingerprint density at radius 1 is 1.29 bits per heavy atom.